The molecule has 1 aromatic heterocycles. The predicted molar refractivity (Wildman–Crippen MR) is 50.0 cm³/mol. The molecule has 2 rings (SSSR count). The topological polar surface area (TPSA) is 47.0 Å². The second kappa shape index (κ2) is 3.23. The zero-order valence-electron chi connectivity index (χ0n) is 7.31. The minimum atomic E-state index is -4.92. The third-order valence-corrected chi connectivity index (χ3v) is 2.83. The molecule has 78 valence electrons. The van der Waals surface area contributed by atoms with Crippen LogP contribution in [0.1, 0.15) is 0 Å². The molecule has 0 atom stereocenters. The first-order valence-electron chi connectivity index (χ1n) is 3.97. The van der Waals surface area contributed by atoms with E-state index in [4.69, 9.17) is 0 Å². The van der Waals surface area contributed by atoms with Crippen LogP contribution in [-0.4, -0.2) is 13.4 Å². The van der Waals surface area contributed by atoms with Gasteiger partial charge in [-0.1, -0.05) is 12.1 Å². The van der Waals surface area contributed by atoms with E-state index in [0.717, 1.165) is 12.3 Å². The highest BCUT2D eigenvalue weighted by Crippen LogP contribution is 2.25. The first-order valence-corrected chi connectivity index (χ1v) is 5.35. The van der Waals surface area contributed by atoms with Crippen molar-refractivity contribution in [2.24, 2.45) is 0 Å². The molecule has 15 heavy (non-hydrogen) atoms. The summed E-state index contributed by atoms with van der Waals surface area (Å²) in [6.45, 7) is 0. The van der Waals surface area contributed by atoms with Crippen molar-refractivity contribution in [1.29, 1.82) is 0 Å². The molecule has 0 N–H and O–H groups in total. The molecular weight excluding hydrogens is 224 g/mol. The maximum absolute atomic E-state index is 13.3. The van der Waals surface area contributed by atoms with Crippen molar-refractivity contribution in [3.63, 3.8) is 0 Å². The Bertz CT molecular complexity index is 620. The molecule has 0 radical (unpaired) electrons. The highest BCUT2D eigenvalue weighted by molar-refractivity contribution is 7.86. The SMILES string of the molecule is O=S(=O)(F)c1cccc2cncc(F)c12. The van der Waals surface area contributed by atoms with Gasteiger partial charge < -0.3 is 0 Å². The Balaban J connectivity index is 2.99. The second-order valence-corrected chi connectivity index (χ2v) is 4.23. The quantitative estimate of drug-likeness (QED) is 0.703. The summed E-state index contributed by atoms with van der Waals surface area (Å²) >= 11 is 0. The van der Waals surface area contributed by atoms with Crippen molar-refractivity contribution in [1.82, 2.24) is 4.98 Å². The van der Waals surface area contributed by atoms with Crippen molar-refractivity contribution in [3.05, 3.63) is 36.4 Å². The van der Waals surface area contributed by atoms with Gasteiger partial charge in [0.2, 0.25) is 0 Å². The van der Waals surface area contributed by atoms with Crippen LogP contribution >= 0.6 is 0 Å². The maximum atomic E-state index is 13.3. The third-order valence-electron chi connectivity index (χ3n) is 1.96. The van der Waals surface area contributed by atoms with Gasteiger partial charge in [-0.15, -0.1) is 3.89 Å². The molecule has 0 spiro atoms. The van der Waals surface area contributed by atoms with E-state index in [2.05, 4.69) is 4.98 Å². The van der Waals surface area contributed by atoms with Crippen LogP contribution in [0.4, 0.5) is 8.28 Å². The molecule has 1 aromatic carbocycles. The van der Waals surface area contributed by atoms with Gasteiger partial charge in [-0.05, 0) is 6.07 Å². The monoisotopic (exact) mass is 229 g/mol. The third kappa shape index (κ3) is 1.68. The van der Waals surface area contributed by atoms with Gasteiger partial charge in [0.15, 0.2) is 5.82 Å². The highest BCUT2D eigenvalue weighted by Gasteiger charge is 2.18. The van der Waals surface area contributed by atoms with Gasteiger partial charge in [0, 0.05) is 17.0 Å². The zero-order chi connectivity index (χ0) is 11.1. The van der Waals surface area contributed by atoms with E-state index in [1.54, 1.807) is 0 Å². The summed E-state index contributed by atoms with van der Waals surface area (Å²) in [7, 11) is -4.92. The summed E-state index contributed by atoms with van der Waals surface area (Å²) in [5, 5.41) is -0.0243. The molecular formula is C9H5F2NO2S. The van der Waals surface area contributed by atoms with E-state index in [9.17, 15) is 16.7 Å². The lowest BCUT2D eigenvalue weighted by atomic mass is 10.2. The molecule has 0 saturated heterocycles. The Hall–Kier alpha value is -1.56. The van der Waals surface area contributed by atoms with Crippen LogP contribution in [0, 0.1) is 5.82 Å². The summed E-state index contributed by atoms with van der Waals surface area (Å²) in [5.41, 5.74) is 0. The molecule has 0 amide bonds. The first kappa shape index (κ1) is 9.97. The van der Waals surface area contributed by atoms with Gasteiger partial charge in [0.25, 0.3) is 0 Å². The van der Waals surface area contributed by atoms with Crippen molar-refractivity contribution < 1.29 is 16.7 Å². The summed E-state index contributed by atoms with van der Waals surface area (Å²) in [4.78, 5) is 2.88. The Morgan fingerprint density at radius 3 is 2.60 bits per heavy atom. The maximum Gasteiger partial charge on any atom is 0.332 e. The number of benzene rings is 1. The molecule has 0 bridgehead atoms. The lowest BCUT2D eigenvalue weighted by molar-refractivity contribution is 0.552. The smallest absolute Gasteiger partial charge is 0.261 e. The zero-order valence-corrected chi connectivity index (χ0v) is 8.13. The van der Waals surface area contributed by atoms with Crippen LogP contribution in [0.3, 0.4) is 0 Å². The van der Waals surface area contributed by atoms with Crippen LogP contribution in [0.15, 0.2) is 35.5 Å². The Labute approximate surface area is 84.6 Å². The molecule has 0 fully saturated rings. The molecule has 1 heterocycles. The van der Waals surface area contributed by atoms with Crippen molar-refractivity contribution in [2.45, 2.75) is 4.90 Å². The fourth-order valence-electron chi connectivity index (χ4n) is 1.36. The lowest BCUT2D eigenvalue weighted by Gasteiger charge is -2.02. The number of hydrogen-bond acceptors (Lipinski definition) is 3. The summed E-state index contributed by atoms with van der Waals surface area (Å²) in [6.07, 6.45) is 2.12. The molecule has 0 saturated carbocycles. The van der Waals surface area contributed by atoms with E-state index in [0.29, 0.717) is 0 Å². The number of hydrogen-bond donors (Lipinski definition) is 0. The van der Waals surface area contributed by atoms with E-state index >= 15 is 0 Å². The average molecular weight is 229 g/mol. The van der Waals surface area contributed by atoms with E-state index in [1.807, 2.05) is 0 Å². The van der Waals surface area contributed by atoms with Crippen LogP contribution < -0.4 is 0 Å². The van der Waals surface area contributed by atoms with E-state index in [-0.39, 0.29) is 10.8 Å². The van der Waals surface area contributed by atoms with E-state index in [1.165, 1.54) is 18.3 Å². The highest BCUT2D eigenvalue weighted by atomic mass is 32.3. The summed E-state index contributed by atoms with van der Waals surface area (Å²) in [5.74, 6) is -0.857. The van der Waals surface area contributed by atoms with Crippen LogP contribution in [-0.2, 0) is 10.2 Å². The molecule has 0 aliphatic heterocycles. The predicted octanol–water partition coefficient (Wildman–Crippen LogP) is 2.03. The molecule has 0 unspecified atom stereocenters. The number of nitrogens with zero attached hydrogens (tertiary/aromatic N) is 1. The number of rotatable bonds is 1. The Morgan fingerprint density at radius 2 is 1.93 bits per heavy atom. The molecule has 6 heteroatoms. The largest absolute Gasteiger partial charge is 0.332 e. The van der Waals surface area contributed by atoms with Gasteiger partial charge >= 0.3 is 10.2 Å². The Morgan fingerprint density at radius 1 is 1.20 bits per heavy atom. The van der Waals surface area contributed by atoms with Crippen LogP contribution in [0.5, 0.6) is 0 Å². The van der Waals surface area contributed by atoms with Crippen molar-refractivity contribution in [3.8, 4) is 0 Å². The Kier molecular flexibility index (Phi) is 2.15. The lowest BCUT2D eigenvalue weighted by Crippen LogP contribution is -1.95. The standard InChI is InChI=1S/C9H5F2NO2S/c10-7-5-12-4-6-2-1-3-8(9(6)7)15(11,13)14/h1-5H. The summed E-state index contributed by atoms with van der Waals surface area (Å²) in [6, 6.07) is 3.80. The van der Waals surface area contributed by atoms with Crippen molar-refractivity contribution >= 4 is 21.0 Å². The summed E-state index contributed by atoms with van der Waals surface area (Å²) < 4.78 is 47.6. The van der Waals surface area contributed by atoms with Gasteiger partial charge in [0.1, 0.15) is 4.90 Å². The average Bonchev–Trinajstić information content (AvgIpc) is 2.16. The number of halogens is 2. The van der Waals surface area contributed by atoms with Gasteiger partial charge in [-0.25, -0.2) is 4.39 Å². The van der Waals surface area contributed by atoms with Crippen LogP contribution in [0.2, 0.25) is 0 Å². The number of fused-ring (bicyclic) bond motifs is 1. The molecule has 0 aliphatic carbocycles. The number of pyridine rings is 1. The van der Waals surface area contributed by atoms with E-state index < -0.39 is 20.9 Å². The van der Waals surface area contributed by atoms with Gasteiger partial charge in [-0.3, -0.25) is 4.98 Å². The van der Waals surface area contributed by atoms with Crippen molar-refractivity contribution in [2.75, 3.05) is 0 Å². The first-order chi connectivity index (χ1) is 7.00. The fraction of sp³-hybridized carbons (Fsp3) is 0. The fourth-order valence-corrected chi connectivity index (χ4v) is 2.06. The van der Waals surface area contributed by atoms with Gasteiger partial charge in [0.05, 0.1) is 6.20 Å². The van der Waals surface area contributed by atoms with Gasteiger partial charge in [-0.2, -0.15) is 8.42 Å². The molecule has 3 nitrogen and oxygen atoms in total. The second-order valence-electron chi connectivity index (χ2n) is 2.91. The molecule has 0 aliphatic rings. The number of aromatic nitrogens is 1. The van der Waals surface area contributed by atoms with Crippen LogP contribution in [0.25, 0.3) is 10.8 Å². The minimum Gasteiger partial charge on any atom is -0.261 e. The minimum absolute atomic E-state index is 0.244. The molecule has 2 aromatic rings. The normalized spacial score (nSPS) is 11.9.